The first-order valence-electron chi connectivity index (χ1n) is 6.81. The molecular formula is C14H24N4O2. The maximum atomic E-state index is 11.1. The van der Waals surface area contributed by atoms with Gasteiger partial charge in [-0.3, -0.25) is 4.79 Å². The van der Waals surface area contributed by atoms with Gasteiger partial charge in [0.2, 0.25) is 0 Å². The predicted octanol–water partition coefficient (Wildman–Crippen LogP) is 2.18. The molecule has 0 unspecified atom stereocenters. The molecule has 1 aromatic heterocycles. The van der Waals surface area contributed by atoms with Crippen molar-refractivity contribution >= 4 is 17.6 Å². The van der Waals surface area contributed by atoms with Crippen LogP contribution in [0.25, 0.3) is 0 Å². The number of carbonyl (C=O) groups is 1. The van der Waals surface area contributed by atoms with Crippen molar-refractivity contribution in [3.8, 4) is 0 Å². The van der Waals surface area contributed by atoms with E-state index in [-0.39, 0.29) is 11.4 Å². The predicted molar refractivity (Wildman–Crippen MR) is 80.0 cm³/mol. The quantitative estimate of drug-likeness (QED) is 0.778. The van der Waals surface area contributed by atoms with Gasteiger partial charge in [-0.1, -0.05) is 20.8 Å². The van der Waals surface area contributed by atoms with Crippen molar-refractivity contribution in [2.45, 2.75) is 39.5 Å². The molecule has 0 amide bonds. The van der Waals surface area contributed by atoms with Crippen LogP contribution in [0.2, 0.25) is 0 Å². The normalized spacial score (nSPS) is 11.1. The summed E-state index contributed by atoms with van der Waals surface area (Å²) < 4.78 is 4.60. The van der Waals surface area contributed by atoms with Gasteiger partial charge in [0.05, 0.1) is 13.5 Å². The molecule has 1 rings (SSSR count). The van der Waals surface area contributed by atoms with Crippen molar-refractivity contribution in [3.63, 3.8) is 0 Å². The Hall–Kier alpha value is -1.85. The Morgan fingerprint density at radius 2 is 1.85 bits per heavy atom. The van der Waals surface area contributed by atoms with E-state index < -0.39 is 0 Å². The standard InChI is InChI=1S/C14H24N4O2/c1-6-15-10-9-11(16-8-7-12(19)20-5)18-13(17-10)14(2,3)4/h9H,6-8H2,1-5H3,(H2,15,16,17,18). The van der Waals surface area contributed by atoms with E-state index in [1.807, 2.05) is 13.0 Å². The zero-order valence-electron chi connectivity index (χ0n) is 12.9. The summed E-state index contributed by atoms with van der Waals surface area (Å²) in [5.41, 5.74) is -0.135. The highest BCUT2D eigenvalue weighted by molar-refractivity contribution is 5.69. The van der Waals surface area contributed by atoms with E-state index in [0.29, 0.717) is 18.8 Å². The molecule has 6 heteroatoms. The van der Waals surface area contributed by atoms with Gasteiger partial charge in [-0.25, -0.2) is 9.97 Å². The Morgan fingerprint density at radius 1 is 1.25 bits per heavy atom. The molecule has 6 nitrogen and oxygen atoms in total. The third-order valence-corrected chi connectivity index (χ3v) is 2.62. The molecule has 112 valence electrons. The lowest BCUT2D eigenvalue weighted by Gasteiger charge is -2.19. The number of carbonyl (C=O) groups excluding carboxylic acids is 1. The molecule has 2 N–H and O–H groups in total. The maximum absolute atomic E-state index is 11.1. The Balaban J connectivity index is 2.83. The van der Waals surface area contributed by atoms with Crippen molar-refractivity contribution in [2.75, 3.05) is 30.8 Å². The summed E-state index contributed by atoms with van der Waals surface area (Å²) >= 11 is 0. The Morgan fingerprint density at radius 3 is 2.35 bits per heavy atom. The van der Waals surface area contributed by atoms with Crippen LogP contribution < -0.4 is 10.6 Å². The summed E-state index contributed by atoms with van der Waals surface area (Å²) in [4.78, 5) is 20.1. The molecule has 20 heavy (non-hydrogen) atoms. The van der Waals surface area contributed by atoms with E-state index in [2.05, 4.69) is 46.1 Å². The molecule has 0 saturated heterocycles. The van der Waals surface area contributed by atoms with E-state index in [4.69, 9.17) is 0 Å². The van der Waals surface area contributed by atoms with Crippen LogP contribution >= 0.6 is 0 Å². The average molecular weight is 280 g/mol. The largest absolute Gasteiger partial charge is 0.469 e. The Labute approximate surface area is 120 Å². The zero-order valence-corrected chi connectivity index (χ0v) is 12.9. The van der Waals surface area contributed by atoms with Crippen molar-refractivity contribution in [1.29, 1.82) is 0 Å². The summed E-state index contributed by atoms with van der Waals surface area (Å²) in [5, 5.41) is 6.32. The SMILES string of the molecule is CCNc1cc(NCCC(=O)OC)nc(C(C)(C)C)n1. The second-order valence-electron chi connectivity index (χ2n) is 5.50. The number of hydrogen-bond donors (Lipinski definition) is 2. The molecule has 0 aliphatic rings. The van der Waals surface area contributed by atoms with Gasteiger partial charge in [-0.15, -0.1) is 0 Å². The lowest BCUT2D eigenvalue weighted by Crippen LogP contribution is -2.19. The Bertz CT molecular complexity index is 455. The number of anilines is 2. The summed E-state index contributed by atoms with van der Waals surface area (Å²) in [6, 6.07) is 1.84. The van der Waals surface area contributed by atoms with Crippen LogP contribution in [0, 0.1) is 0 Å². The van der Waals surface area contributed by atoms with Crippen molar-refractivity contribution in [2.24, 2.45) is 0 Å². The second kappa shape index (κ2) is 7.07. The summed E-state index contributed by atoms with van der Waals surface area (Å²) in [6.45, 7) is 9.49. The van der Waals surface area contributed by atoms with Gasteiger partial charge in [0.15, 0.2) is 0 Å². The number of ether oxygens (including phenoxy) is 1. The number of methoxy groups -OCH3 is 1. The first kappa shape index (κ1) is 16.2. The van der Waals surface area contributed by atoms with Crippen LogP contribution in [0.4, 0.5) is 11.6 Å². The van der Waals surface area contributed by atoms with Gasteiger partial charge in [0, 0.05) is 24.6 Å². The fraction of sp³-hybridized carbons (Fsp3) is 0.643. The van der Waals surface area contributed by atoms with E-state index in [1.165, 1.54) is 7.11 Å². The van der Waals surface area contributed by atoms with E-state index >= 15 is 0 Å². The molecular weight excluding hydrogens is 256 g/mol. The van der Waals surface area contributed by atoms with Crippen LogP contribution in [0.15, 0.2) is 6.07 Å². The molecule has 1 heterocycles. The minimum atomic E-state index is -0.241. The van der Waals surface area contributed by atoms with Crippen molar-refractivity contribution in [3.05, 3.63) is 11.9 Å². The Kier molecular flexibility index (Phi) is 5.73. The minimum Gasteiger partial charge on any atom is -0.469 e. The van der Waals surface area contributed by atoms with Crippen LogP contribution in [-0.4, -0.2) is 36.1 Å². The maximum Gasteiger partial charge on any atom is 0.307 e. The third-order valence-electron chi connectivity index (χ3n) is 2.62. The number of rotatable bonds is 6. The van der Waals surface area contributed by atoms with Gasteiger partial charge < -0.3 is 15.4 Å². The molecule has 0 aromatic carbocycles. The van der Waals surface area contributed by atoms with E-state index in [9.17, 15) is 4.79 Å². The molecule has 0 fully saturated rings. The molecule has 0 bridgehead atoms. The number of hydrogen-bond acceptors (Lipinski definition) is 6. The first-order chi connectivity index (χ1) is 9.36. The third kappa shape index (κ3) is 5.03. The van der Waals surface area contributed by atoms with Gasteiger partial charge in [-0.05, 0) is 6.92 Å². The highest BCUT2D eigenvalue weighted by Gasteiger charge is 2.19. The average Bonchev–Trinajstić information content (AvgIpc) is 2.37. The number of nitrogens with zero attached hydrogens (tertiary/aromatic N) is 2. The lowest BCUT2D eigenvalue weighted by molar-refractivity contribution is -0.140. The first-order valence-corrected chi connectivity index (χ1v) is 6.81. The number of nitrogens with one attached hydrogen (secondary N) is 2. The monoisotopic (exact) mass is 280 g/mol. The zero-order chi connectivity index (χ0) is 15.2. The van der Waals surface area contributed by atoms with Gasteiger partial charge in [0.25, 0.3) is 0 Å². The van der Waals surface area contributed by atoms with E-state index in [0.717, 1.165) is 18.2 Å². The summed E-state index contributed by atoms with van der Waals surface area (Å²) in [7, 11) is 1.38. The lowest BCUT2D eigenvalue weighted by atomic mass is 9.96. The minimum absolute atomic E-state index is 0.135. The van der Waals surface area contributed by atoms with Crippen LogP contribution in [0.3, 0.4) is 0 Å². The second-order valence-corrected chi connectivity index (χ2v) is 5.50. The topological polar surface area (TPSA) is 76.1 Å². The molecule has 0 aliphatic heterocycles. The molecule has 0 aliphatic carbocycles. The highest BCUT2D eigenvalue weighted by atomic mass is 16.5. The van der Waals surface area contributed by atoms with Crippen molar-refractivity contribution < 1.29 is 9.53 Å². The summed E-state index contributed by atoms with van der Waals surface area (Å²) in [5.74, 6) is 2.02. The van der Waals surface area contributed by atoms with Crippen molar-refractivity contribution in [1.82, 2.24) is 9.97 Å². The number of esters is 1. The highest BCUT2D eigenvalue weighted by Crippen LogP contribution is 2.22. The fourth-order valence-electron chi connectivity index (χ4n) is 1.54. The molecule has 0 saturated carbocycles. The van der Waals surface area contributed by atoms with Crippen LogP contribution in [0.1, 0.15) is 39.9 Å². The van der Waals surface area contributed by atoms with Gasteiger partial charge >= 0.3 is 5.97 Å². The molecule has 0 radical (unpaired) electrons. The molecule has 0 spiro atoms. The fourth-order valence-corrected chi connectivity index (χ4v) is 1.54. The number of aromatic nitrogens is 2. The molecule has 1 aromatic rings. The van der Waals surface area contributed by atoms with Gasteiger partial charge in [-0.2, -0.15) is 0 Å². The molecule has 0 atom stereocenters. The van der Waals surface area contributed by atoms with Crippen LogP contribution in [-0.2, 0) is 14.9 Å². The smallest absolute Gasteiger partial charge is 0.307 e. The van der Waals surface area contributed by atoms with Crippen LogP contribution in [0.5, 0.6) is 0 Å². The summed E-state index contributed by atoms with van der Waals surface area (Å²) in [6.07, 6.45) is 0.307. The van der Waals surface area contributed by atoms with E-state index in [1.54, 1.807) is 0 Å². The van der Waals surface area contributed by atoms with Gasteiger partial charge in [0.1, 0.15) is 17.5 Å².